The number of fused-ring (bicyclic) bond motifs is 5. The van der Waals surface area contributed by atoms with E-state index in [4.69, 9.17) is 0 Å². The monoisotopic (exact) mass is 842 g/mol. The summed E-state index contributed by atoms with van der Waals surface area (Å²) in [5.41, 5.74) is 25.7. The Hall–Kier alpha value is -6.58. The first-order chi connectivity index (χ1) is 31.2. The minimum atomic E-state index is -0.0201. The minimum Gasteiger partial charge on any atom is -0.311 e. The maximum absolute atomic E-state index is 2.66. The third kappa shape index (κ3) is 6.77. The lowest BCUT2D eigenvalue weighted by Crippen LogP contribution is -2.62. The van der Waals surface area contributed by atoms with Crippen LogP contribution in [0.3, 0.4) is 0 Å². The van der Waals surface area contributed by atoms with Crippen LogP contribution >= 0.6 is 0 Å². The lowest BCUT2D eigenvalue weighted by molar-refractivity contribution is 0.332. The highest BCUT2D eigenvalue weighted by molar-refractivity contribution is 7.00. The van der Waals surface area contributed by atoms with E-state index >= 15 is 0 Å². The van der Waals surface area contributed by atoms with Crippen LogP contribution < -0.4 is 26.2 Å². The molecule has 0 aromatic heterocycles. The maximum atomic E-state index is 2.66. The highest BCUT2D eigenvalue weighted by atomic mass is 15.2. The zero-order chi connectivity index (χ0) is 45.0. The van der Waals surface area contributed by atoms with Crippen LogP contribution in [0.4, 0.5) is 34.1 Å². The van der Waals surface area contributed by atoms with Crippen LogP contribution in [0.2, 0.25) is 0 Å². The van der Waals surface area contributed by atoms with E-state index in [1.165, 1.54) is 112 Å². The van der Waals surface area contributed by atoms with Crippen LogP contribution in [0.5, 0.6) is 0 Å². The molecular weight excluding hydrogens is 784 g/mol. The van der Waals surface area contributed by atoms with Crippen molar-refractivity contribution in [2.24, 2.45) is 0 Å². The zero-order valence-electron chi connectivity index (χ0n) is 39.6. The van der Waals surface area contributed by atoms with E-state index in [0.29, 0.717) is 0 Å². The van der Waals surface area contributed by atoms with E-state index in [1.54, 1.807) is 0 Å². The van der Waals surface area contributed by atoms with Crippen molar-refractivity contribution in [3.63, 3.8) is 0 Å². The fraction of sp³-hybridized carbons (Fsp3) is 0.226. The van der Waals surface area contributed by atoms with Gasteiger partial charge in [-0.25, -0.2) is 0 Å². The second-order valence-electron chi connectivity index (χ2n) is 21.4. The molecule has 320 valence electrons. The van der Waals surface area contributed by atoms with Crippen LogP contribution in [0.25, 0.3) is 33.4 Å². The molecule has 3 heteroatoms. The molecule has 0 saturated carbocycles. The van der Waals surface area contributed by atoms with Gasteiger partial charge in [-0.3, -0.25) is 0 Å². The molecule has 0 bridgehead atoms. The average Bonchev–Trinajstić information content (AvgIpc) is 3.30. The van der Waals surface area contributed by atoms with Gasteiger partial charge in [-0.15, -0.1) is 0 Å². The first-order valence-electron chi connectivity index (χ1n) is 23.7. The smallest absolute Gasteiger partial charge is 0.252 e. The average molecular weight is 843 g/mol. The lowest BCUT2D eigenvalue weighted by Gasteiger charge is -2.48. The molecule has 0 spiro atoms. The van der Waals surface area contributed by atoms with E-state index in [2.05, 4.69) is 242 Å². The Labute approximate surface area is 387 Å². The molecule has 2 nitrogen and oxygen atoms in total. The number of benzene rings is 8. The standard InChI is InChI=1S/C62H59BN2/c1-40-33-57-59-58(34-40)65(54-35-45(26-25-41(54)2)42-19-13-10-14-20-42)56-39-50-49(61(6,7)31-32-62(50,8)9)38-52(56)63(59)51-29-27-46(43-21-15-11-16-22-43)36-55(51)64(57)53-30-28-47(60(3,4)5)37-48(53)44-23-17-12-18-24-44/h10-30,33-39H,31-32H2,1-9H3. The molecule has 65 heavy (non-hydrogen) atoms. The van der Waals surface area contributed by atoms with Crippen molar-refractivity contribution in [3.8, 4) is 33.4 Å². The third-order valence-corrected chi connectivity index (χ3v) is 15.0. The maximum Gasteiger partial charge on any atom is 0.252 e. The Bertz CT molecular complexity index is 3160. The second-order valence-corrected chi connectivity index (χ2v) is 21.4. The number of anilines is 6. The molecule has 8 aromatic rings. The van der Waals surface area contributed by atoms with Gasteiger partial charge in [0, 0.05) is 34.0 Å². The predicted octanol–water partition coefficient (Wildman–Crippen LogP) is 15.0. The fourth-order valence-corrected chi connectivity index (χ4v) is 11.2. The molecule has 0 unspecified atom stereocenters. The molecule has 1 aliphatic carbocycles. The summed E-state index contributed by atoms with van der Waals surface area (Å²) in [5.74, 6) is 0. The largest absolute Gasteiger partial charge is 0.311 e. The quantitative estimate of drug-likeness (QED) is 0.159. The first kappa shape index (κ1) is 41.2. The van der Waals surface area contributed by atoms with Crippen molar-refractivity contribution < 1.29 is 0 Å². The predicted molar refractivity (Wildman–Crippen MR) is 280 cm³/mol. The Morgan fingerprint density at radius 3 is 1.52 bits per heavy atom. The molecule has 0 fully saturated rings. The van der Waals surface area contributed by atoms with Crippen molar-refractivity contribution in [1.82, 2.24) is 0 Å². The molecule has 2 aliphatic heterocycles. The lowest BCUT2D eigenvalue weighted by atomic mass is 9.33. The highest BCUT2D eigenvalue weighted by Crippen LogP contribution is 2.52. The zero-order valence-corrected chi connectivity index (χ0v) is 39.6. The summed E-state index contributed by atoms with van der Waals surface area (Å²) < 4.78 is 0. The molecule has 2 heterocycles. The number of hydrogen-bond acceptors (Lipinski definition) is 2. The molecule has 11 rings (SSSR count). The molecule has 0 saturated heterocycles. The van der Waals surface area contributed by atoms with Gasteiger partial charge < -0.3 is 9.80 Å². The van der Waals surface area contributed by atoms with E-state index in [0.717, 1.165) is 12.8 Å². The fourth-order valence-electron chi connectivity index (χ4n) is 11.2. The Balaban J connectivity index is 1.27. The van der Waals surface area contributed by atoms with Gasteiger partial charge in [0.2, 0.25) is 0 Å². The van der Waals surface area contributed by atoms with Crippen molar-refractivity contribution >= 4 is 57.2 Å². The molecular formula is C62H59BN2. The van der Waals surface area contributed by atoms with Crippen LogP contribution in [-0.4, -0.2) is 6.71 Å². The summed E-state index contributed by atoms with van der Waals surface area (Å²) in [6.07, 6.45) is 2.33. The van der Waals surface area contributed by atoms with Gasteiger partial charge in [0.15, 0.2) is 0 Å². The van der Waals surface area contributed by atoms with E-state index < -0.39 is 0 Å². The van der Waals surface area contributed by atoms with Crippen LogP contribution in [-0.2, 0) is 16.2 Å². The summed E-state index contributed by atoms with van der Waals surface area (Å²) in [5, 5.41) is 0. The van der Waals surface area contributed by atoms with E-state index in [9.17, 15) is 0 Å². The Morgan fingerprint density at radius 1 is 0.431 bits per heavy atom. The molecule has 0 N–H and O–H groups in total. The summed E-state index contributed by atoms with van der Waals surface area (Å²) in [6, 6.07) is 64.6. The first-order valence-corrected chi connectivity index (χ1v) is 23.7. The van der Waals surface area contributed by atoms with Crippen LogP contribution in [0.1, 0.15) is 89.1 Å². The van der Waals surface area contributed by atoms with E-state index in [1.807, 2.05) is 0 Å². The Morgan fingerprint density at radius 2 is 0.938 bits per heavy atom. The van der Waals surface area contributed by atoms with Gasteiger partial charge in [0.1, 0.15) is 0 Å². The van der Waals surface area contributed by atoms with Crippen molar-refractivity contribution in [2.75, 3.05) is 9.80 Å². The minimum absolute atomic E-state index is 0.0145. The number of hydrogen-bond donors (Lipinski definition) is 0. The number of nitrogens with zero attached hydrogens (tertiary/aromatic N) is 2. The van der Waals surface area contributed by atoms with Gasteiger partial charge in [-0.05, 0) is 157 Å². The van der Waals surface area contributed by atoms with Crippen molar-refractivity contribution in [2.45, 2.75) is 91.4 Å². The van der Waals surface area contributed by atoms with E-state index in [-0.39, 0.29) is 23.0 Å². The second kappa shape index (κ2) is 15.0. The highest BCUT2D eigenvalue weighted by Gasteiger charge is 2.47. The number of rotatable bonds is 5. The van der Waals surface area contributed by atoms with Crippen molar-refractivity contribution in [3.05, 3.63) is 198 Å². The van der Waals surface area contributed by atoms with Gasteiger partial charge in [0.25, 0.3) is 6.71 Å². The van der Waals surface area contributed by atoms with Gasteiger partial charge in [-0.1, -0.05) is 176 Å². The molecule has 3 aliphatic rings. The van der Waals surface area contributed by atoms with Gasteiger partial charge in [-0.2, -0.15) is 0 Å². The summed E-state index contributed by atoms with van der Waals surface area (Å²) >= 11 is 0. The van der Waals surface area contributed by atoms with Gasteiger partial charge in [0.05, 0.1) is 5.69 Å². The van der Waals surface area contributed by atoms with Crippen LogP contribution in [0.15, 0.2) is 170 Å². The third-order valence-electron chi connectivity index (χ3n) is 15.0. The van der Waals surface area contributed by atoms with Gasteiger partial charge >= 0.3 is 0 Å². The molecule has 8 aromatic carbocycles. The summed E-state index contributed by atoms with van der Waals surface area (Å²) in [7, 11) is 0. The molecule has 0 atom stereocenters. The molecule has 0 radical (unpaired) electrons. The normalized spacial score (nSPS) is 15.5. The van der Waals surface area contributed by atoms with Crippen molar-refractivity contribution in [1.29, 1.82) is 0 Å². The van der Waals surface area contributed by atoms with Crippen LogP contribution in [0, 0.1) is 13.8 Å². The molecule has 0 amide bonds. The summed E-state index contributed by atoms with van der Waals surface area (Å²) in [6.45, 7) is 21.4. The SMILES string of the molecule is Cc1cc2c3c(c1)N(c1ccc(C(C)(C)C)cc1-c1ccccc1)c1cc(-c4ccccc4)ccc1B3c1cc3c(cc1N2c1cc(-c2ccccc2)ccc1C)C(C)(C)CCC3(C)C. The topological polar surface area (TPSA) is 6.48 Å². The Kier molecular flexibility index (Phi) is 9.49. The number of aryl methyl sites for hydroxylation is 2. The summed E-state index contributed by atoms with van der Waals surface area (Å²) in [4.78, 5) is 5.28.